The van der Waals surface area contributed by atoms with Crippen molar-refractivity contribution in [1.29, 1.82) is 0 Å². The molecule has 1 aliphatic carbocycles. The van der Waals surface area contributed by atoms with Crippen LogP contribution in [0, 0.1) is 0 Å². The van der Waals surface area contributed by atoms with E-state index in [2.05, 4.69) is 10.3 Å². The maximum atomic E-state index is 12.8. The molecule has 0 unspecified atom stereocenters. The lowest BCUT2D eigenvalue weighted by atomic mass is 9.93. The van der Waals surface area contributed by atoms with Gasteiger partial charge in [0, 0.05) is 36.6 Å². The summed E-state index contributed by atoms with van der Waals surface area (Å²) in [5.74, 6) is -0.235. The highest BCUT2D eigenvalue weighted by Gasteiger charge is 2.33. The molecule has 1 aliphatic rings. The minimum atomic E-state index is -4.36. The van der Waals surface area contributed by atoms with Gasteiger partial charge in [-0.2, -0.15) is 13.2 Å². The maximum Gasteiger partial charge on any atom is 0.416 e. The summed E-state index contributed by atoms with van der Waals surface area (Å²) in [5, 5.41) is 3.30. The van der Waals surface area contributed by atoms with Crippen molar-refractivity contribution in [3.63, 3.8) is 0 Å². The molecule has 0 saturated heterocycles. The molecule has 2 aromatic carbocycles. The zero-order valence-electron chi connectivity index (χ0n) is 16.3. The van der Waals surface area contributed by atoms with Gasteiger partial charge in [-0.15, -0.1) is 0 Å². The molecule has 0 atom stereocenters. The van der Waals surface area contributed by atoms with Crippen LogP contribution in [-0.4, -0.2) is 15.5 Å². The summed E-state index contributed by atoms with van der Waals surface area (Å²) in [4.78, 5) is 16.5. The predicted octanol–water partition coefficient (Wildman–Crippen LogP) is 4.69. The van der Waals surface area contributed by atoms with Crippen LogP contribution in [-0.2, 0) is 19.8 Å². The number of anilines is 1. The molecular formula is C22H21F3N4O. The third-order valence-corrected chi connectivity index (χ3v) is 5.22. The van der Waals surface area contributed by atoms with E-state index in [-0.39, 0.29) is 5.92 Å². The van der Waals surface area contributed by atoms with Crippen LogP contribution < -0.4 is 11.1 Å². The summed E-state index contributed by atoms with van der Waals surface area (Å²) in [7, 11) is 1.86. The zero-order chi connectivity index (χ0) is 21.5. The van der Waals surface area contributed by atoms with Crippen molar-refractivity contribution in [3.05, 3.63) is 71.2 Å². The Morgan fingerprint density at radius 3 is 2.43 bits per heavy atom. The van der Waals surface area contributed by atoms with Crippen LogP contribution in [0.25, 0.3) is 11.3 Å². The van der Waals surface area contributed by atoms with Gasteiger partial charge in [0.1, 0.15) is 0 Å². The number of carbonyl (C=O) groups is 1. The summed E-state index contributed by atoms with van der Waals surface area (Å²) in [6, 6.07) is 8.54. The molecule has 0 bridgehead atoms. The Morgan fingerprint density at radius 2 is 1.90 bits per heavy atom. The summed E-state index contributed by atoms with van der Waals surface area (Å²) >= 11 is 0. The second kappa shape index (κ2) is 7.51. The molecule has 0 spiro atoms. The Hall–Kier alpha value is -3.29. The van der Waals surface area contributed by atoms with Crippen LogP contribution in [0.15, 0.2) is 48.9 Å². The van der Waals surface area contributed by atoms with Gasteiger partial charge < -0.3 is 15.6 Å². The molecule has 8 heteroatoms. The normalized spacial score (nSPS) is 14.0. The van der Waals surface area contributed by atoms with Crippen molar-refractivity contribution in [1.82, 2.24) is 9.55 Å². The van der Waals surface area contributed by atoms with Gasteiger partial charge >= 0.3 is 6.18 Å². The largest absolute Gasteiger partial charge is 0.416 e. The minimum Gasteiger partial charge on any atom is -0.380 e. The average molecular weight is 414 g/mol. The molecule has 4 rings (SSSR count). The highest BCUT2D eigenvalue weighted by Crippen LogP contribution is 2.48. The van der Waals surface area contributed by atoms with Gasteiger partial charge in [0.25, 0.3) is 0 Å². The first-order valence-electron chi connectivity index (χ1n) is 9.59. The van der Waals surface area contributed by atoms with Crippen LogP contribution in [0.5, 0.6) is 0 Å². The van der Waals surface area contributed by atoms with Crippen LogP contribution >= 0.6 is 0 Å². The first-order valence-corrected chi connectivity index (χ1v) is 9.59. The number of nitrogens with two attached hydrogens (primary N) is 1. The number of aryl methyl sites for hydroxylation is 1. The SMILES string of the molecule is Cn1cnc(-c2c(NCc3ccc(C(F)(F)F)cc3)ccc(C(N)=O)c2C2CC2)c1. The third kappa shape index (κ3) is 4.03. The van der Waals surface area contributed by atoms with Gasteiger partial charge in [-0.3, -0.25) is 4.79 Å². The van der Waals surface area contributed by atoms with Crippen LogP contribution in [0.2, 0.25) is 0 Å². The maximum absolute atomic E-state index is 12.8. The molecule has 1 amide bonds. The van der Waals surface area contributed by atoms with E-state index in [0.717, 1.165) is 47.5 Å². The van der Waals surface area contributed by atoms with Gasteiger partial charge in [-0.1, -0.05) is 12.1 Å². The number of carbonyl (C=O) groups excluding carboxylic acids is 1. The average Bonchev–Trinajstić information content (AvgIpc) is 3.45. The van der Waals surface area contributed by atoms with E-state index in [1.54, 1.807) is 18.5 Å². The summed E-state index contributed by atoms with van der Waals surface area (Å²) < 4.78 is 40.2. The molecule has 1 fully saturated rings. The van der Waals surface area contributed by atoms with Gasteiger partial charge in [0.2, 0.25) is 5.91 Å². The fraction of sp³-hybridized carbons (Fsp3) is 0.273. The van der Waals surface area contributed by atoms with Crippen molar-refractivity contribution >= 4 is 11.6 Å². The first-order chi connectivity index (χ1) is 14.2. The van der Waals surface area contributed by atoms with Crippen molar-refractivity contribution in [2.75, 3.05) is 5.32 Å². The highest BCUT2D eigenvalue weighted by molar-refractivity contribution is 5.99. The van der Waals surface area contributed by atoms with Crippen molar-refractivity contribution in [3.8, 4) is 11.3 Å². The molecular weight excluding hydrogens is 393 g/mol. The number of primary amides is 1. The van der Waals surface area contributed by atoms with Crippen molar-refractivity contribution in [2.45, 2.75) is 31.5 Å². The Labute approximate surface area is 171 Å². The number of hydrogen-bond donors (Lipinski definition) is 2. The van der Waals surface area contributed by atoms with E-state index in [4.69, 9.17) is 5.73 Å². The molecule has 0 aliphatic heterocycles. The molecule has 0 radical (unpaired) electrons. The number of halogens is 3. The smallest absolute Gasteiger partial charge is 0.380 e. The van der Waals surface area contributed by atoms with Gasteiger partial charge in [-0.05, 0) is 54.2 Å². The van der Waals surface area contributed by atoms with E-state index < -0.39 is 17.6 Å². The fourth-order valence-corrected chi connectivity index (χ4v) is 3.60. The second-order valence-corrected chi connectivity index (χ2v) is 7.56. The number of alkyl halides is 3. The number of rotatable bonds is 6. The first kappa shape index (κ1) is 20.0. The van der Waals surface area contributed by atoms with E-state index in [1.165, 1.54) is 12.1 Å². The Balaban J connectivity index is 1.69. The van der Waals surface area contributed by atoms with E-state index in [9.17, 15) is 18.0 Å². The zero-order valence-corrected chi connectivity index (χ0v) is 16.3. The minimum absolute atomic E-state index is 0.248. The number of nitrogens with one attached hydrogen (secondary N) is 1. The number of aromatic nitrogens is 2. The Morgan fingerprint density at radius 1 is 1.20 bits per heavy atom. The van der Waals surface area contributed by atoms with E-state index in [0.29, 0.717) is 17.7 Å². The Bertz CT molecular complexity index is 1080. The van der Waals surface area contributed by atoms with Crippen molar-refractivity contribution < 1.29 is 18.0 Å². The molecule has 3 aromatic rings. The lowest BCUT2D eigenvalue weighted by Crippen LogP contribution is -2.15. The number of nitrogens with zero attached hydrogens (tertiary/aromatic N) is 2. The summed E-state index contributed by atoms with van der Waals surface area (Å²) in [6.07, 6.45) is 1.14. The summed E-state index contributed by atoms with van der Waals surface area (Å²) in [5.41, 5.74) is 9.33. The highest BCUT2D eigenvalue weighted by atomic mass is 19.4. The monoisotopic (exact) mass is 414 g/mol. The predicted molar refractivity (Wildman–Crippen MR) is 108 cm³/mol. The van der Waals surface area contributed by atoms with Crippen LogP contribution in [0.4, 0.5) is 18.9 Å². The number of hydrogen-bond acceptors (Lipinski definition) is 3. The molecule has 156 valence electrons. The molecule has 1 heterocycles. The summed E-state index contributed by atoms with van der Waals surface area (Å²) in [6.45, 7) is 0.331. The van der Waals surface area contributed by atoms with Crippen LogP contribution in [0.1, 0.15) is 45.8 Å². The lowest BCUT2D eigenvalue weighted by Gasteiger charge is -2.18. The van der Waals surface area contributed by atoms with E-state index >= 15 is 0 Å². The molecule has 1 saturated carbocycles. The number of benzene rings is 2. The molecule has 30 heavy (non-hydrogen) atoms. The van der Waals surface area contributed by atoms with Crippen LogP contribution in [0.3, 0.4) is 0 Å². The van der Waals surface area contributed by atoms with E-state index in [1.807, 2.05) is 17.8 Å². The molecule has 3 N–H and O–H groups in total. The molecule has 1 aromatic heterocycles. The van der Waals surface area contributed by atoms with Gasteiger partial charge in [0.05, 0.1) is 17.6 Å². The van der Waals surface area contributed by atoms with Gasteiger partial charge in [-0.25, -0.2) is 4.98 Å². The second-order valence-electron chi connectivity index (χ2n) is 7.56. The van der Waals surface area contributed by atoms with Gasteiger partial charge in [0.15, 0.2) is 0 Å². The Kier molecular flexibility index (Phi) is 5.01. The number of imidazole rings is 1. The lowest BCUT2D eigenvalue weighted by molar-refractivity contribution is -0.137. The third-order valence-electron chi connectivity index (χ3n) is 5.22. The quantitative estimate of drug-likeness (QED) is 0.614. The van der Waals surface area contributed by atoms with Crippen molar-refractivity contribution in [2.24, 2.45) is 12.8 Å². The standard InChI is InChI=1S/C22H21F3N4O/c1-29-11-18(28-12-29)20-17(9-8-16(21(26)30)19(20)14-4-5-14)27-10-13-2-6-15(7-3-13)22(23,24)25/h2-3,6-9,11-12,14,27H,4-5,10H2,1H3,(H2,26,30). The number of amides is 1. The molecule has 5 nitrogen and oxygen atoms in total. The fourth-order valence-electron chi connectivity index (χ4n) is 3.60. The topological polar surface area (TPSA) is 72.9 Å².